The Hall–Kier alpha value is -3.87. The number of nitrogens with zero attached hydrogens (tertiary/aromatic N) is 1. The molecule has 0 saturated carbocycles. The largest absolute Gasteiger partial charge is 0.497 e. The van der Waals surface area contributed by atoms with Crippen LogP contribution in [0.25, 0.3) is 0 Å². The summed E-state index contributed by atoms with van der Waals surface area (Å²) in [6.07, 6.45) is 1.53. The van der Waals surface area contributed by atoms with Crippen LogP contribution in [-0.4, -0.2) is 31.1 Å². The van der Waals surface area contributed by atoms with Gasteiger partial charge in [0.25, 0.3) is 5.91 Å². The molecule has 7 nitrogen and oxygen atoms in total. The molecular weight excluding hydrogens is 358 g/mol. The summed E-state index contributed by atoms with van der Waals surface area (Å²) in [7, 11) is 2.88. The van der Waals surface area contributed by atoms with E-state index in [-0.39, 0.29) is 11.5 Å². The molecule has 1 amide bonds. The lowest BCUT2D eigenvalue weighted by Gasteiger charge is -2.11. The molecule has 2 aromatic carbocycles. The van der Waals surface area contributed by atoms with E-state index in [1.165, 1.54) is 13.3 Å². The lowest BCUT2D eigenvalue weighted by Crippen LogP contribution is -2.15. The van der Waals surface area contributed by atoms with Crippen LogP contribution in [0.5, 0.6) is 5.75 Å². The molecule has 7 heteroatoms. The SMILES string of the molecule is COC(=O)c1ccccc1NC(=O)c1ccnc(Nc2cccc(OC)c2)c1. The fourth-order valence-electron chi connectivity index (χ4n) is 2.56. The standard InChI is InChI=1S/C21H19N3O4/c1-27-16-7-5-6-15(13-16)23-19-12-14(10-11-22-19)20(25)24-18-9-4-3-8-17(18)21(26)28-2/h3-13H,1-2H3,(H,22,23)(H,24,25). The Bertz CT molecular complexity index is 1000. The molecule has 0 spiro atoms. The number of methoxy groups -OCH3 is 2. The third-order valence-electron chi connectivity index (χ3n) is 3.94. The zero-order valence-electron chi connectivity index (χ0n) is 15.4. The Kier molecular flexibility index (Phi) is 5.86. The normalized spacial score (nSPS) is 10.1. The van der Waals surface area contributed by atoms with Crippen LogP contribution in [0, 0.1) is 0 Å². The number of anilines is 3. The summed E-state index contributed by atoms with van der Waals surface area (Å²) in [5, 5.41) is 5.87. The topological polar surface area (TPSA) is 89.5 Å². The Morgan fingerprint density at radius 2 is 1.79 bits per heavy atom. The molecule has 28 heavy (non-hydrogen) atoms. The van der Waals surface area contributed by atoms with E-state index >= 15 is 0 Å². The Morgan fingerprint density at radius 3 is 2.57 bits per heavy atom. The second-order valence-corrected chi connectivity index (χ2v) is 5.78. The van der Waals surface area contributed by atoms with E-state index in [2.05, 4.69) is 15.6 Å². The van der Waals surface area contributed by atoms with Crippen LogP contribution in [0.2, 0.25) is 0 Å². The van der Waals surface area contributed by atoms with Gasteiger partial charge in [-0.15, -0.1) is 0 Å². The molecule has 0 aliphatic rings. The van der Waals surface area contributed by atoms with Gasteiger partial charge in [0.05, 0.1) is 25.5 Å². The van der Waals surface area contributed by atoms with Crippen molar-refractivity contribution < 1.29 is 19.1 Å². The summed E-state index contributed by atoms with van der Waals surface area (Å²) in [5.41, 5.74) is 1.82. The predicted octanol–water partition coefficient (Wildman–Crippen LogP) is 3.87. The van der Waals surface area contributed by atoms with E-state index in [0.717, 1.165) is 5.69 Å². The van der Waals surface area contributed by atoms with Crippen molar-refractivity contribution >= 4 is 29.1 Å². The number of para-hydroxylation sites is 1. The quantitative estimate of drug-likeness (QED) is 0.634. The number of carbonyl (C=O) groups excluding carboxylic acids is 2. The van der Waals surface area contributed by atoms with Crippen LogP contribution < -0.4 is 15.4 Å². The molecule has 0 bridgehead atoms. The minimum absolute atomic E-state index is 0.280. The lowest BCUT2D eigenvalue weighted by molar-refractivity contribution is 0.0602. The Balaban J connectivity index is 1.78. The molecule has 0 aliphatic heterocycles. The molecule has 0 atom stereocenters. The number of benzene rings is 2. The van der Waals surface area contributed by atoms with E-state index in [4.69, 9.17) is 9.47 Å². The second kappa shape index (κ2) is 8.68. The van der Waals surface area contributed by atoms with Crippen molar-refractivity contribution in [2.75, 3.05) is 24.9 Å². The number of aromatic nitrogens is 1. The molecule has 0 fully saturated rings. The number of hydrogen-bond donors (Lipinski definition) is 2. The lowest BCUT2D eigenvalue weighted by atomic mass is 10.1. The smallest absolute Gasteiger partial charge is 0.339 e. The number of rotatable bonds is 6. The summed E-state index contributed by atoms with van der Waals surface area (Å²) in [5.74, 6) is 0.318. The number of carbonyl (C=O) groups is 2. The van der Waals surface area contributed by atoms with Crippen molar-refractivity contribution in [3.63, 3.8) is 0 Å². The molecule has 0 saturated heterocycles. The van der Waals surface area contributed by atoms with Crippen LogP contribution in [-0.2, 0) is 4.74 Å². The van der Waals surface area contributed by atoms with Gasteiger partial charge in [-0.3, -0.25) is 4.79 Å². The Morgan fingerprint density at radius 1 is 0.964 bits per heavy atom. The van der Waals surface area contributed by atoms with Crippen molar-refractivity contribution in [2.45, 2.75) is 0 Å². The van der Waals surface area contributed by atoms with Crippen molar-refractivity contribution in [2.24, 2.45) is 0 Å². The zero-order valence-corrected chi connectivity index (χ0v) is 15.4. The highest BCUT2D eigenvalue weighted by atomic mass is 16.5. The molecule has 142 valence electrons. The van der Waals surface area contributed by atoms with Gasteiger partial charge in [-0.1, -0.05) is 18.2 Å². The summed E-state index contributed by atoms with van der Waals surface area (Å²) < 4.78 is 9.95. The number of pyridine rings is 1. The third kappa shape index (κ3) is 4.45. The van der Waals surface area contributed by atoms with Crippen molar-refractivity contribution in [1.82, 2.24) is 4.98 Å². The van der Waals surface area contributed by atoms with Crippen molar-refractivity contribution in [3.05, 3.63) is 78.0 Å². The number of ether oxygens (including phenoxy) is 2. The highest BCUT2D eigenvalue weighted by molar-refractivity contribution is 6.08. The molecule has 0 aliphatic carbocycles. The van der Waals surface area contributed by atoms with Gasteiger partial charge in [-0.05, 0) is 36.4 Å². The van der Waals surface area contributed by atoms with Crippen LogP contribution in [0.4, 0.5) is 17.2 Å². The summed E-state index contributed by atoms with van der Waals surface area (Å²) >= 11 is 0. The molecule has 1 heterocycles. The fraction of sp³-hybridized carbons (Fsp3) is 0.0952. The van der Waals surface area contributed by atoms with Gasteiger partial charge < -0.3 is 20.1 Å². The van der Waals surface area contributed by atoms with E-state index in [1.54, 1.807) is 43.5 Å². The van der Waals surface area contributed by atoms with Gasteiger partial charge in [0, 0.05) is 23.5 Å². The van der Waals surface area contributed by atoms with Crippen LogP contribution in [0.15, 0.2) is 66.9 Å². The van der Waals surface area contributed by atoms with Gasteiger partial charge in [0.15, 0.2) is 0 Å². The Labute approximate surface area is 162 Å². The summed E-state index contributed by atoms with van der Waals surface area (Å²) in [6, 6.07) is 17.2. The highest BCUT2D eigenvalue weighted by Gasteiger charge is 2.14. The molecule has 2 N–H and O–H groups in total. The average molecular weight is 377 g/mol. The minimum Gasteiger partial charge on any atom is -0.497 e. The number of esters is 1. The van der Waals surface area contributed by atoms with Gasteiger partial charge in [-0.2, -0.15) is 0 Å². The molecule has 0 radical (unpaired) electrons. The number of amides is 1. The predicted molar refractivity (Wildman–Crippen MR) is 106 cm³/mol. The highest BCUT2D eigenvalue weighted by Crippen LogP contribution is 2.21. The van der Waals surface area contributed by atoms with Gasteiger partial charge in [-0.25, -0.2) is 9.78 Å². The van der Waals surface area contributed by atoms with Gasteiger partial charge in [0.1, 0.15) is 11.6 Å². The first kappa shape index (κ1) is 18.9. The molecule has 0 unspecified atom stereocenters. The number of nitrogens with one attached hydrogen (secondary N) is 2. The van der Waals surface area contributed by atoms with Gasteiger partial charge >= 0.3 is 5.97 Å². The minimum atomic E-state index is -0.522. The molecular formula is C21H19N3O4. The van der Waals surface area contributed by atoms with E-state index in [0.29, 0.717) is 22.8 Å². The second-order valence-electron chi connectivity index (χ2n) is 5.78. The van der Waals surface area contributed by atoms with Crippen LogP contribution in [0.1, 0.15) is 20.7 Å². The van der Waals surface area contributed by atoms with Gasteiger partial charge in [0.2, 0.25) is 0 Å². The molecule has 3 aromatic rings. The molecule has 3 rings (SSSR count). The summed E-state index contributed by atoms with van der Waals surface area (Å²) in [6.45, 7) is 0. The van der Waals surface area contributed by atoms with Crippen molar-refractivity contribution in [1.29, 1.82) is 0 Å². The first-order valence-corrected chi connectivity index (χ1v) is 8.46. The maximum absolute atomic E-state index is 12.6. The summed E-state index contributed by atoms with van der Waals surface area (Å²) in [4.78, 5) is 28.7. The maximum atomic E-state index is 12.6. The van der Waals surface area contributed by atoms with E-state index in [1.807, 2.05) is 24.3 Å². The van der Waals surface area contributed by atoms with Crippen LogP contribution >= 0.6 is 0 Å². The maximum Gasteiger partial charge on any atom is 0.339 e. The fourth-order valence-corrected chi connectivity index (χ4v) is 2.56. The van der Waals surface area contributed by atoms with E-state index < -0.39 is 5.97 Å². The first-order chi connectivity index (χ1) is 13.6. The molecule has 1 aromatic heterocycles. The third-order valence-corrected chi connectivity index (χ3v) is 3.94. The monoisotopic (exact) mass is 377 g/mol. The van der Waals surface area contributed by atoms with E-state index in [9.17, 15) is 9.59 Å². The average Bonchev–Trinajstić information content (AvgIpc) is 2.74. The number of hydrogen-bond acceptors (Lipinski definition) is 6. The zero-order chi connectivity index (χ0) is 19.9. The first-order valence-electron chi connectivity index (χ1n) is 8.46. The van der Waals surface area contributed by atoms with Crippen LogP contribution in [0.3, 0.4) is 0 Å². The van der Waals surface area contributed by atoms with Crippen molar-refractivity contribution in [3.8, 4) is 5.75 Å².